The van der Waals surface area contributed by atoms with Gasteiger partial charge >= 0.3 is 0 Å². The monoisotopic (exact) mass is 471 g/mol. The van der Waals surface area contributed by atoms with E-state index in [4.69, 9.17) is 0 Å². The Labute approximate surface area is 184 Å². The average molecular weight is 472 g/mol. The zero-order chi connectivity index (χ0) is 24.1. The first kappa shape index (κ1) is 25.3. The molecule has 174 valence electrons. The molecule has 0 radical (unpaired) electrons. The number of nitrogens with one attached hydrogen (secondary N) is 2. The summed E-state index contributed by atoms with van der Waals surface area (Å²) in [6.07, 6.45) is 0.479. The normalized spacial score (nSPS) is 11.3. The zero-order valence-electron chi connectivity index (χ0n) is 17.8. The molecule has 0 aliphatic heterocycles. The number of benzene rings is 2. The highest BCUT2D eigenvalue weighted by atomic mass is 32.2. The fourth-order valence-electron chi connectivity index (χ4n) is 2.95. The summed E-state index contributed by atoms with van der Waals surface area (Å²) in [7, 11) is -3.81. The van der Waals surface area contributed by atoms with Crippen molar-refractivity contribution < 1.29 is 31.2 Å². The van der Waals surface area contributed by atoms with Gasteiger partial charge < -0.3 is 10.2 Å². The second-order valence-corrected chi connectivity index (χ2v) is 8.74. The molecule has 0 aromatic heterocycles. The van der Waals surface area contributed by atoms with Crippen LogP contribution in [0.2, 0.25) is 0 Å². The molecule has 0 saturated heterocycles. The van der Waals surface area contributed by atoms with Gasteiger partial charge in [-0.1, -0.05) is 19.9 Å². The summed E-state index contributed by atoms with van der Waals surface area (Å²) in [4.78, 5) is 26.5. The van der Waals surface area contributed by atoms with Crippen LogP contribution < -0.4 is 10.0 Å². The lowest BCUT2D eigenvalue weighted by molar-refractivity contribution is -0.116. The van der Waals surface area contributed by atoms with Crippen LogP contribution in [0, 0.1) is 24.4 Å². The first-order valence-corrected chi connectivity index (χ1v) is 11.3. The smallest absolute Gasteiger partial charge is 0.254 e. The Balaban J connectivity index is 2.28. The largest absolute Gasteiger partial charge is 0.329 e. The van der Waals surface area contributed by atoms with Gasteiger partial charge in [0.15, 0.2) is 17.5 Å². The molecular formula is C21H24F3N3O4S. The minimum absolute atomic E-state index is 0.0873. The van der Waals surface area contributed by atoms with Crippen LogP contribution in [-0.4, -0.2) is 44.8 Å². The van der Waals surface area contributed by atoms with Crippen LogP contribution in [-0.2, 0) is 14.8 Å². The number of rotatable bonds is 9. The van der Waals surface area contributed by atoms with Crippen molar-refractivity contribution in [3.05, 3.63) is 58.9 Å². The summed E-state index contributed by atoms with van der Waals surface area (Å²) >= 11 is 0. The van der Waals surface area contributed by atoms with Gasteiger partial charge in [-0.3, -0.25) is 9.59 Å². The van der Waals surface area contributed by atoms with Gasteiger partial charge in [-0.15, -0.1) is 0 Å². The Kier molecular flexibility index (Phi) is 8.39. The van der Waals surface area contributed by atoms with Gasteiger partial charge in [0.2, 0.25) is 15.9 Å². The van der Waals surface area contributed by atoms with Gasteiger partial charge in [0.25, 0.3) is 5.91 Å². The van der Waals surface area contributed by atoms with Crippen molar-refractivity contribution >= 4 is 27.5 Å². The topological polar surface area (TPSA) is 95.6 Å². The highest BCUT2D eigenvalue weighted by Gasteiger charge is 2.23. The fraction of sp³-hybridized carbons (Fsp3) is 0.333. The van der Waals surface area contributed by atoms with Gasteiger partial charge in [-0.05, 0) is 43.2 Å². The first-order valence-electron chi connectivity index (χ1n) is 9.84. The van der Waals surface area contributed by atoms with Crippen LogP contribution >= 0.6 is 0 Å². The van der Waals surface area contributed by atoms with Gasteiger partial charge in [0.05, 0.1) is 10.6 Å². The first-order chi connectivity index (χ1) is 15.0. The van der Waals surface area contributed by atoms with Gasteiger partial charge in [0, 0.05) is 18.7 Å². The maximum Gasteiger partial charge on any atom is 0.254 e. The van der Waals surface area contributed by atoms with E-state index in [0.29, 0.717) is 18.1 Å². The lowest BCUT2D eigenvalue weighted by Crippen LogP contribution is -2.39. The Morgan fingerprint density at radius 3 is 2.34 bits per heavy atom. The van der Waals surface area contributed by atoms with Gasteiger partial charge in [0.1, 0.15) is 6.54 Å². The SMILES string of the molecule is CCCN(CC(=O)Nc1ccc(F)c(F)c1F)C(=O)c1cc(S(=O)(=O)NCC)ccc1C. The van der Waals surface area contributed by atoms with E-state index < -0.39 is 51.5 Å². The Morgan fingerprint density at radius 1 is 1.03 bits per heavy atom. The third kappa shape index (κ3) is 5.86. The highest BCUT2D eigenvalue weighted by Crippen LogP contribution is 2.20. The van der Waals surface area contributed by atoms with Crippen molar-refractivity contribution in [2.45, 2.75) is 32.1 Å². The van der Waals surface area contributed by atoms with Crippen molar-refractivity contribution in [3.8, 4) is 0 Å². The molecule has 2 aromatic rings. The second kappa shape index (κ2) is 10.6. The van der Waals surface area contributed by atoms with Crippen molar-refractivity contribution in [2.75, 3.05) is 25.0 Å². The molecule has 0 bridgehead atoms. The van der Waals surface area contributed by atoms with Gasteiger partial charge in [-0.2, -0.15) is 0 Å². The van der Waals surface area contributed by atoms with Crippen molar-refractivity contribution in [2.24, 2.45) is 0 Å². The number of halogens is 3. The molecule has 0 saturated carbocycles. The van der Waals surface area contributed by atoms with Crippen molar-refractivity contribution in [1.29, 1.82) is 0 Å². The van der Waals surface area contributed by atoms with Crippen LogP contribution in [0.15, 0.2) is 35.2 Å². The molecule has 2 aromatic carbocycles. The van der Waals surface area contributed by atoms with E-state index in [9.17, 15) is 31.2 Å². The van der Waals surface area contributed by atoms with Crippen molar-refractivity contribution in [1.82, 2.24) is 9.62 Å². The zero-order valence-corrected chi connectivity index (χ0v) is 18.7. The summed E-state index contributed by atoms with van der Waals surface area (Å²) < 4.78 is 67.2. The molecule has 0 spiro atoms. The van der Waals surface area contributed by atoms with E-state index in [1.807, 2.05) is 0 Å². The van der Waals surface area contributed by atoms with E-state index in [1.165, 1.54) is 23.1 Å². The Hall–Kier alpha value is -2.92. The Bertz CT molecular complexity index is 1120. The van der Waals surface area contributed by atoms with Crippen LogP contribution in [0.3, 0.4) is 0 Å². The molecule has 0 aliphatic carbocycles. The molecule has 11 heteroatoms. The number of sulfonamides is 1. The molecule has 0 atom stereocenters. The standard InChI is InChI=1S/C21H24F3N3O4S/c1-4-10-27(12-18(28)26-17-9-8-16(22)19(23)20(17)24)21(29)15-11-14(7-6-13(15)3)32(30,31)25-5-2/h6-9,11,25H,4-5,10,12H2,1-3H3,(H,26,28). The highest BCUT2D eigenvalue weighted by molar-refractivity contribution is 7.89. The maximum absolute atomic E-state index is 13.8. The summed E-state index contributed by atoms with van der Waals surface area (Å²) in [6, 6.07) is 5.62. The van der Waals surface area contributed by atoms with E-state index in [1.54, 1.807) is 20.8 Å². The molecule has 0 aliphatic rings. The molecule has 7 nitrogen and oxygen atoms in total. The van der Waals surface area contributed by atoms with Crippen LogP contribution in [0.1, 0.15) is 36.2 Å². The summed E-state index contributed by atoms with van der Waals surface area (Å²) in [6.45, 7) is 4.83. The fourth-order valence-corrected chi connectivity index (χ4v) is 4.02. The van der Waals surface area contributed by atoms with Gasteiger partial charge in [-0.25, -0.2) is 26.3 Å². The predicted molar refractivity (Wildman–Crippen MR) is 113 cm³/mol. The number of hydrogen-bond acceptors (Lipinski definition) is 4. The quantitative estimate of drug-likeness (QED) is 0.549. The summed E-state index contributed by atoms with van der Waals surface area (Å²) in [5, 5.41) is 2.12. The minimum atomic E-state index is -3.81. The van der Waals surface area contributed by atoms with E-state index in [0.717, 1.165) is 6.07 Å². The molecular weight excluding hydrogens is 447 g/mol. The Morgan fingerprint density at radius 2 is 1.72 bits per heavy atom. The van der Waals surface area contributed by atoms with Crippen LogP contribution in [0.5, 0.6) is 0 Å². The second-order valence-electron chi connectivity index (χ2n) is 6.98. The predicted octanol–water partition coefficient (Wildman–Crippen LogP) is 3.20. The summed E-state index contributed by atoms with van der Waals surface area (Å²) in [5.74, 6) is -6.10. The van der Waals surface area contributed by atoms with E-state index in [-0.39, 0.29) is 23.5 Å². The molecule has 2 amide bonds. The molecule has 2 N–H and O–H groups in total. The molecule has 32 heavy (non-hydrogen) atoms. The third-order valence-electron chi connectivity index (χ3n) is 4.51. The third-order valence-corrected chi connectivity index (χ3v) is 6.05. The summed E-state index contributed by atoms with van der Waals surface area (Å²) in [5.41, 5.74) is 0.0237. The minimum Gasteiger partial charge on any atom is -0.329 e. The number of aryl methyl sites for hydroxylation is 1. The number of amides is 2. The number of anilines is 1. The molecule has 0 heterocycles. The lowest BCUT2D eigenvalue weighted by Gasteiger charge is -2.23. The number of hydrogen-bond donors (Lipinski definition) is 2. The molecule has 0 unspecified atom stereocenters. The molecule has 2 rings (SSSR count). The molecule has 0 fully saturated rings. The number of carbonyl (C=O) groups is 2. The maximum atomic E-state index is 13.8. The lowest BCUT2D eigenvalue weighted by atomic mass is 10.1. The van der Waals surface area contributed by atoms with Crippen LogP contribution in [0.4, 0.5) is 18.9 Å². The number of nitrogens with zero attached hydrogens (tertiary/aromatic N) is 1. The van der Waals surface area contributed by atoms with Crippen molar-refractivity contribution in [3.63, 3.8) is 0 Å². The van der Waals surface area contributed by atoms with Crippen LogP contribution in [0.25, 0.3) is 0 Å². The van der Waals surface area contributed by atoms with E-state index >= 15 is 0 Å². The number of carbonyl (C=O) groups excluding carboxylic acids is 2. The van der Waals surface area contributed by atoms with E-state index in [2.05, 4.69) is 10.0 Å². The average Bonchev–Trinajstić information content (AvgIpc) is 2.73.